The molecule has 5 nitrogen and oxygen atoms in total. The maximum atomic E-state index is 12.9. The van der Waals surface area contributed by atoms with Gasteiger partial charge >= 0.3 is 12.2 Å². The predicted molar refractivity (Wildman–Crippen MR) is 117 cm³/mol. The summed E-state index contributed by atoms with van der Waals surface area (Å²) >= 11 is 11.9. The zero-order valence-electron chi connectivity index (χ0n) is 16.8. The van der Waals surface area contributed by atoms with Crippen LogP contribution in [-0.2, 0) is 6.18 Å². The molecule has 1 saturated heterocycles. The number of hydrogen-bond donors (Lipinski definition) is 2. The van der Waals surface area contributed by atoms with Crippen LogP contribution in [0.1, 0.15) is 17.2 Å². The normalized spacial score (nSPS) is 16.7. The number of anilines is 1. The first-order valence-corrected chi connectivity index (χ1v) is 10.5. The second-order valence-corrected chi connectivity index (χ2v) is 8.34. The van der Waals surface area contributed by atoms with E-state index in [0.29, 0.717) is 21.3 Å². The largest absolute Gasteiger partial charge is 0.416 e. The molecule has 1 heterocycles. The molecule has 2 amide bonds. The molecule has 0 saturated carbocycles. The number of likely N-dealkylation sites (N-methyl/N-ethyl adjacent to an activating group) is 1. The first-order valence-electron chi connectivity index (χ1n) is 9.72. The van der Waals surface area contributed by atoms with E-state index >= 15 is 0 Å². The van der Waals surface area contributed by atoms with Crippen LogP contribution < -0.4 is 10.6 Å². The standard InChI is InChI=1S/C21H23Cl2F3N4O/c1-29-6-8-30(9-7-29)19(14-2-4-15(5-3-14)21(24,25)26)13-27-20(31)28-18-11-16(22)10-17(23)12-18/h2-5,10-12,19H,6-9,13H2,1H3,(H2,27,28,31). The van der Waals surface area contributed by atoms with E-state index in [9.17, 15) is 18.0 Å². The minimum Gasteiger partial charge on any atom is -0.336 e. The van der Waals surface area contributed by atoms with Crippen LogP contribution in [0.25, 0.3) is 0 Å². The van der Waals surface area contributed by atoms with Crippen molar-refractivity contribution < 1.29 is 18.0 Å². The SMILES string of the molecule is CN1CCN(C(CNC(=O)Nc2cc(Cl)cc(Cl)c2)c2ccc(C(F)(F)F)cc2)CC1. The molecule has 1 fully saturated rings. The average molecular weight is 475 g/mol. The van der Waals surface area contributed by atoms with Crippen molar-refractivity contribution in [1.29, 1.82) is 0 Å². The van der Waals surface area contributed by atoms with Crippen LogP contribution in [0.3, 0.4) is 0 Å². The van der Waals surface area contributed by atoms with Gasteiger partial charge in [0.05, 0.1) is 11.6 Å². The van der Waals surface area contributed by atoms with Crippen LogP contribution in [0.2, 0.25) is 10.0 Å². The molecule has 3 rings (SSSR count). The quantitative estimate of drug-likeness (QED) is 0.631. The van der Waals surface area contributed by atoms with Gasteiger partial charge in [-0.15, -0.1) is 0 Å². The average Bonchev–Trinajstić information content (AvgIpc) is 2.68. The van der Waals surface area contributed by atoms with Gasteiger partial charge in [0.2, 0.25) is 0 Å². The highest BCUT2D eigenvalue weighted by atomic mass is 35.5. The van der Waals surface area contributed by atoms with Crippen LogP contribution in [0.4, 0.5) is 23.7 Å². The summed E-state index contributed by atoms with van der Waals surface area (Å²) in [6.45, 7) is 3.40. The van der Waals surface area contributed by atoms with Gasteiger partial charge in [0.25, 0.3) is 0 Å². The smallest absolute Gasteiger partial charge is 0.336 e. The number of hydrogen-bond acceptors (Lipinski definition) is 3. The van der Waals surface area contributed by atoms with Crippen molar-refractivity contribution in [3.8, 4) is 0 Å². The number of nitrogens with one attached hydrogen (secondary N) is 2. The van der Waals surface area contributed by atoms with Crippen molar-refractivity contribution >= 4 is 34.9 Å². The van der Waals surface area contributed by atoms with Gasteiger partial charge in [0, 0.05) is 48.5 Å². The van der Waals surface area contributed by atoms with E-state index in [4.69, 9.17) is 23.2 Å². The number of benzene rings is 2. The summed E-state index contributed by atoms with van der Waals surface area (Å²) in [7, 11) is 2.02. The number of amides is 2. The number of carbonyl (C=O) groups is 1. The highest BCUT2D eigenvalue weighted by Crippen LogP contribution is 2.31. The molecule has 168 valence electrons. The molecule has 2 aromatic carbocycles. The first-order chi connectivity index (χ1) is 14.6. The monoisotopic (exact) mass is 474 g/mol. The summed E-state index contributed by atoms with van der Waals surface area (Å²) in [5.74, 6) is 0. The Morgan fingerprint density at radius 2 is 1.61 bits per heavy atom. The fourth-order valence-corrected chi connectivity index (χ4v) is 4.00. The van der Waals surface area contributed by atoms with Crippen molar-refractivity contribution in [2.24, 2.45) is 0 Å². The van der Waals surface area contributed by atoms with E-state index in [1.807, 2.05) is 7.05 Å². The Kier molecular flexibility index (Phi) is 7.69. The second kappa shape index (κ2) is 10.1. The van der Waals surface area contributed by atoms with E-state index in [1.165, 1.54) is 12.1 Å². The van der Waals surface area contributed by atoms with Crippen molar-refractivity contribution in [2.45, 2.75) is 12.2 Å². The molecular weight excluding hydrogens is 452 g/mol. The van der Waals surface area contributed by atoms with Gasteiger partial charge in [0.1, 0.15) is 0 Å². The molecule has 0 aromatic heterocycles. The van der Waals surface area contributed by atoms with Crippen molar-refractivity contribution in [2.75, 3.05) is 45.1 Å². The second-order valence-electron chi connectivity index (χ2n) is 7.47. The molecule has 2 N–H and O–H groups in total. The highest BCUT2D eigenvalue weighted by molar-refractivity contribution is 6.35. The third-order valence-electron chi connectivity index (χ3n) is 5.18. The molecule has 2 aromatic rings. The van der Waals surface area contributed by atoms with E-state index < -0.39 is 17.8 Å². The van der Waals surface area contributed by atoms with Crippen LogP contribution in [0, 0.1) is 0 Å². The zero-order valence-corrected chi connectivity index (χ0v) is 18.4. The molecule has 1 unspecified atom stereocenters. The van der Waals surface area contributed by atoms with E-state index in [2.05, 4.69) is 20.4 Å². The van der Waals surface area contributed by atoms with Gasteiger partial charge in [-0.1, -0.05) is 35.3 Å². The summed E-state index contributed by atoms with van der Waals surface area (Å²) in [4.78, 5) is 16.8. The first kappa shape index (κ1) is 23.7. The number of urea groups is 1. The lowest BCUT2D eigenvalue weighted by Crippen LogP contribution is -2.48. The summed E-state index contributed by atoms with van der Waals surface area (Å²) < 4.78 is 38.8. The van der Waals surface area contributed by atoms with Gasteiger partial charge in [0.15, 0.2) is 0 Å². The number of halogens is 5. The van der Waals surface area contributed by atoms with Crippen LogP contribution in [-0.4, -0.2) is 55.6 Å². The molecule has 1 aliphatic rings. The lowest BCUT2D eigenvalue weighted by atomic mass is 10.0. The van der Waals surface area contributed by atoms with Gasteiger partial charge in [-0.3, -0.25) is 4.90 Å². The number of piperazine rings is 1. The fraction of sp³-hybridized carbons (Fsp3) is 0.381. The predicted octanol–water partition coefficient (Wildman–Crippen LogP) is 5.12. The third-order valence-corrected chi connectivity index (χ3v) is 5.61. The topological polar surface area (TPSA) is 47.6 Å². The van der Waals surface area contributed by atoms with Gasteiger partial charge < -0.3 is 15.5 Å². The zero-order chi connectivity index (χ0) is 22.6. The highest BCUT2D eigenvalue weighted by Gasteiger charge is 2.31. The molecule has 1 atom stereocenters. The minimum atomic E-state index is -4.39. The van der Waals surface area contributed by atoms with E-state index in [-0.39, 0.29) is 12.6 Å². The summed E-state index contributed by atoms with van der Waals surface area (Å²) in [5, 5.41) is 6.27. The van der Waals surface area contributed by atoms with Gasteiger partial charge in [-0.2, -0.15) is 13.2 Å². The fourth-order valence-electron chi connectivity index (χ4n) is 3.48. The van der Waals surface area contributed by atoms with Crippen LogP contribution >= 0.6 is 23.2 Å². The number of carbonyl (C=O) groups excluding carboxylic acids is 1. The van der Waals surface area contributed by atoms with Gasteiger partial charge in [-0.25, -0.2) is 4.79 Å². The summed E-state index contributed by atoms with van der Waals surface area (Å²) in [6.07, 6.45) is -4.39. The molecule has 31 heavy (non-hydrogen) atoms. The molecule has 0 spiro atoms. The Labute approximate surface area is 189 Å². The third kappa shape index (κ3) is 6.74. The van der Waals surface area contributed by atoms with Crippen LogP contribution in [0.15, 0.2) is 42.5 Å². The lowest BCUT2D eigenvalue weighted by molar-refractivity contribution is -0.137. The minimum absolute atomic E-state index is 0.231. The number of nitrogens with zero attached hydrogens (tertiary/aromatic N) is 2. The number of rotatable bonds is 5. The Morgan fingerprint density at radius 3 is 2.16 bits per heavy atom. The molecular formula is C21H23Cl2F3N4O. The van der Waals surface area contributed by atoms with Gasteiger partial charge in [-0.05, 0) is 42.9 Å². The molecule has 1 aliphatic heterocycles. The van der Waals surface area contributed by atoms with Crippen LogP contribution in [0.5, 0.6) is 0 Å². The van der Waals surface area contributed by atoms with Crippen molar-refractivity contribution in [3.63, 3.8) is 0 Å². The van der Waals surface area contributed by atoms with E-state index in [1.54, 1.807) is 18.2 Å². The lowest BCUT2D eigenvalue weighted by Gasteiger charge is -2.38. The Morgan fingerprint density at radius 1 is 1.03 bits per heavy atom. The number of alkyl halides is 3. The summed E-state index contributed by atoms with van der Waals surface area (Å²) in [5.41, 5.74) is 0.459. The summed E-state index contributed by atoms with van der Waals surface area (Å²) in [6, 6.07) is 9.08. The van der Waals surface area contributed by atoms with E-state index in [0.717, 1.165) is 38.3 Å². The maximum absolute atomic E-state index is 12.9. The molecule has 10 heteroatoms. The Balaban J connectivity index is 1.71. The molecule has 0 aliphatic carbocycles. The van der Waals surface area contributed by atoms with Crippen molar-refractivity contribution in [3.05, 3.63) is 63.6 Å². The van der Waals surface area contributed by atoms with Crippen molar-refractivity contribution in [1.82, 2.24) is 15.1 Å². The maximum Gasteiger partial charge on any atom is 0.416 e. The molecule has 0 bridgehead atoms. The molecule has 0 radical (unpaired) electrons. The Bertz CT molecular complexity index is 880. The Hall–Kier alpha value is -2.00.